The van der Waals surface area contributed by atoms with Crippen LogP contribution in [-0.2, 0) is 9.53 Å². The lowest BCUT2D eigenvalue weighted by Crippen LogP contribution is -2.05. The fourth-order valence-electron chi connectivity index (χ4n) is 0.889. The Morgan fingerprint density at radius 3 is 2.89 bits per heavy atom. The number of methoxy groups -OCH3 is 1. The van der Waals surface area contributed by atoms with Crippen molar-refractivity contribution in [1.82, 2.24) is 0 Å². The second kappa shape index (κ2) is 2.35. The standard InChI is InChI=1S/C6H10O3/c1-9-6(8)5-2-4(5)3-7/h4-5,7H,2-3H2,1H3. The Morgan fingerprint density at radius 2 is 2.56 bits per heavy atom. The molecular formula is C6H10O3. The number of ether oxygens (including phenoxy) is 1. The Bertz CT molecular complexity index is 121. The molecule has 0 aromatic rings. The summed E-state index contributed by atoms with van der Waals surface area (Å²) in [5.41, 5.74) is 0. The van der Waals surface area contributed by atoms with Gasteiger partial charge < -0.3 is 9.84 Å². The van der Waals surface area contributed by atoms with Crippen molar-refractivity contribution >= 4 is 5.97 Å². The van der Waals surface area contributed by atoms with Gasteiger partial charge in [0.15, 0.2) is 0 Å². The van der Waals surface area contributed by atoms with Crippen LogP contribution in [0.2, 0.25) is 0 Å². The van der Waals surface area contributed by atoms with E-state index in [-0.39, 0.29) is 24.4 Å². The van der Waals surface area contributed by atoms with Crippen LogP contribution >= 0.6 is 0 Å². The first-order valence-corrected chi connectivity index (χ1v) is 2.98. The predicted octanol–water partition coefficient (Wildman–Crippen LogP) is -0.212. The van der Waals surface area contributed by atoms with E-state index in [4.69, 9.17) is 5.11 Å². The monoisotopic (exact) mass is 130 g/mol. The molecule has 0 radical (unpaired) electrons. The van der Waals surface area contributed by atoms with Gasteiger partial charge >= 0.3 is 5.97 Å². The van der Waals surface area contributed by atoms with Gasteiger partial charge in [-0.1, -0.05) is 0 Å². The molecule has 0 saturated heterocycles. The average molecular weight is 130 g/mol. The molecule has 1 aliphatic carbocycles. The van der Waals surface area contributed by atoms with Crippen molar-refractivity contribution in [3.63, 3.8) is 0 Å². The first-order valence-electron chi connectivity index (χ1n) is 2.98. The van der Waals surface area contributed by atoms with Gasteiger partial charge in [-0.3, -0.25) is 4.79 Å². The summed E-state index contributed by atoms with van der Waals surface area (Å²) in [6.45, 7) is 0.111. The number of carbonyl (C=O) groups is 1. The fourth-order valence-corrected chi connectivity index (χ4v) is 0.889. The molecule has 0 heterocycles. The first kappa shape index (κ1) is 6.55. The van der Waals surface area contributed by atoms with E-state index in [9.17, 15) is 4.79 Å². The zero-order chi connectivity index (χ0) is 6.85. The summed E-state index contributed by atoms with van der Waals surface area (Å²) in [4.78, 5) is 10.6. The molecule has 0 amide bonds. The molecule has 0 aromatic heterocycles. The third kappa shape index (κ3) is 1.21. The highest BCUT2D eigenvalue weighted by Crippen LogP contribution is 2.38. The molecule has 52 valence electrons. The Hall–Kier alpha value is -0.570. The molecule has 1 rings (SSSR count). The van der Waals surface area contributed by atoms with Crippen molar-refractivity contribution in [2.75, 3.05) is 13.7 Å². The highest BCUT2D eigenvalue weighted by atomic mass is 16.5. The second-order valence-electron chi connectivity index (χ2n) is 2.31. The molecule has 0 spiro atoms. The highest BCUT2D eigenvalue weighted by molar-refractivity contribution is 5.75. The van der Waals surface area contributed by atoms with Crippen LogP contribution in [0.4, 0.5) is 0 Å². The smallest absolute Gasteiger partial charge is 0.309 e. The minimum absolute atomic E-state index is 0.0139. The summed E-state index contributed by atoms with van der Waals surface area (Å²) in [6, 6.07) is 0. The zero-order valence-electron chi connectivity index (χ0n) is 5.33. The third-order valence-electron chi connectivity index (χ3n) is 1.66. The van der Waals surface area contributed by atoms with Crippen molar-refractivity contribution in [1.29, 1.82) is 0 Å². The van der Waals surface area contributed by atoms with Gasteiger partial charge in [-0.25, -0.2) is 0 Å². The Labute approximate surface area is 53.6 Å². The summed E-state index contributed by atoms with van der Waals surface area (Å²) in [5.74, 6) is -0.0218. The van der Waals surface area contributed by atoms with Gasteiger partial charge in [-0.15, -0.1) is 0 Å². The van der Waals surface area contributed by atoms with Gasteiger partial charge in [-0.2, -0.15) is 0 Å². The quantitative estimate of drug-likeness (QED) is 0.526. The lowest BCUT2D eigenvalue weighted by atomic mass is 10.3. The average Bonchev–Trinajstić information content (AvgIpc) is 2.64. The number of aliphatic hydroxyl groups is 1. The molecular weight excluding hydrogens is 120 g/mol. The van der Waals surface area contributed by atoms with Crippen molar-refractivity contribution in [2.24, 2.45) is 11.8 Å². The maximum absolute atomic E-state index is 10.6. The molecule has 1 N–H and O–H groups in total. The van der Waals surface area contributed by atoms with Crippen LogP contribution in [0.5, 0.6) is 0 Å². The minimum atomic E-state index is -0.186. The number of rotatable bonds is 2. The van der Waals surface area contributed by atoms with Crippen molar-refractivity contribution < 1.29 is 14.6 Å². The van der Waals surface area contributed by atoms with E-state index >= 15 is 0 Å². The number of esters is 1. The molecule has 3 heteroatoms. The zero-order valence-corrected chi connectivity index (χ0v) is 5.33. The maximum atomic E-state index is 10.6. The van der Waals surface area contributed by atoms with Crippen LogP contribution in [-0.4, -0.2) is 24.8 Å². The Kier molecular flexibility index (Phi) is 1.71. The summed E-state index contributed by atoms with van der Waals surface area (Å²) >= 11 is 0. The SMILES string of the molecule is COC(=O)C1CC1CO. The normalized spacial score (nSPS) is 31.8. The van der Waals surface area contributed by atoms with Crippen LogP contribution in [0.3, 0.4) is 0 Å². The molecule has 0 bridgehead atoms. The van der Waals surface area contributed by atoms with Gasteiger partial charge in [0.25, 0.3) is 0 Å². The van der Waals surface area contributed by atoms with E-state index < -0.39 is 0 Å². The second-order valence-corrected chi connectivity index (χ2v) is 2.31. The predicted molar refractivity (Wildman–Crippen MR) is 30.7 cm³/mol. The molecule has 0 aromatic carbocycles. The number of hydrogen-bond acceptors (Lipinski definition) is 3. The molecule has 1 aliphatic rings. The highest BCUT2D eigenvalue weighted by Gasteiger charge is 2.43. The Balaban J connectivity index is 2.25. The largest absolute Gasteiger partial charge is 0.469 e. The van der Waals surface area contributed by atoms with Crippen LogP contribution in [0.25, 0.3) is 0 Å². The molecule has 3 nitrogen and oxygen atoms in total. The fraction of sp³-hybridized carbons (Fsp3) is 0.833. The van der Waals surface area contributed by atoms with Gasteiger partial charge in [-0.05, 0) is 12.3 Å². The molecule has 1 saturated carbocycles. The van der Waals surface area contributed by atoms with Crippen LogP contribution < -0.4 is 0 Å². The summed E-state index contributed by atoms with van der Waals surface area (Å²) in [7, 11) is 1.37. The number of aliphatic hydroxyl groups excluding tert-OH is 1. The maximum Gasteiger partial charge on any atom is 0.309 e. The number of carbonyl (C=O) groups excluding carboxylic acids is 1. The summed E-state index contributed by atoms with van der Waals surface area (Å²) in [6.07, 6.45) is 0.795. The van der Waals surface area contributed by atoms with E-state index in [1.165, 1.54) is 7.11 Å². The molecule has 2 unspecified atom stereocenters. The van der Waals surface area contributed by atoms with E-state index in [2.05, 4.69) is 4.74 Å². The van der Waals surface area contributed by atoms with E-state index in [1.807, 2.05) is 0 Å². The van der Waals surface area contributed by atoms with Crippen molar-refractivity contribution in [3.05, 3.63) is 0 Å². The first-order chi connectivity index (χ1) is 4.29. The molecule has 0 aliphatic heterocycles. The lowest BCUT2D eigenvalue weighted by molar-refractivity contribution is -0.142. The van der Waals surface area contributed by atoms with Crippen LogP contribution in [0.1, 0.15) is 6.42 Å². The van der Waals surface area contributed by atoms with Crippen LogP contribution in [0.15, 0.2) is 0 Å². The molecule has 1 fully saturated rings. The van der Waals surface area contributed by atoms with Gasteiger partial charge in [0, 0.05) is 6.61 Å². The molecule has 2 atom stereocenters. The summed E-state index contributed by atoms with van der Waals surface area (Å²) in [5, 5.41) is 8.51. The van der Waals surface area contributed by atoms with Crippen LogP contribution in [0, 0.1) is 11.8 Å². The van der Waals surface area contributed by atoms with Gasteiger partial charge in [0.2, 0.25) is 0 Å². The van der Waals surface area contributed by atoms with Gasteiger partial charge in [0.1, 0.15) is 0 Å². The summed E-state index contributed by atoms with van der Waals surface area (Å²) < 4.78 is 4.46. The Morgan fingerprint density at radius 1 is 1.89 bits per heavy atom. The van der Waals surface area contributed by atoms with E-state index in [0.717, 1.165) is 6.42 Å². The number of hydrogen-bond donors (Lipinski definition) is 1. The van der Waals surface area contributed by atoms with E-state index in [1.54, 1.807) is 0 Å². The minimum Gasteiger partial charge on any atom is -0.469 e. The molecule has 9 heavy (non-hydrogen) atoms. The van der Waals surface area contributed by atoms with Gasteiger partial charge in [0.05, 0.1) is 13.0 Å². The lowest BCUT2D eigenvalue weighted by Gasteiger charge is -1.93. The van der Waals surface area contributed by atoms with E-state index in [0.29, 0.717) is 0 Å². The van der Waals surface area contributed by atoms with Crippen molar-refractivity contribution in [2.45, 2.75) is 6.42 Å². The van der Waals surface area contributed by atoms with Crippen molar-refractivity contribution in [3.8, 4) is 0 Å². The third-order valence-corrected chi connectivity index (χ3v) is 1.66. The topological polar surface area (TPSA) is 46.5 Å².